The second-order valence-electron chi connectivity index (χ2n) is 7.58. The van der Waals surface area contributed by atoms with Crippen molar-refractivity contribution in [3.63, 3.8) is 0 Å². The fourth-order valence-electron chi connectivity index (χ4n) is 3.10. The molecule has 0 saturated carbocycles. The van der Waals surface area contributed by atoms with Crippen LogP contribution < -0.4 is 15.4 Å². The summed E-state index contributed by atoms with van der Waals surface area (Å²) in [5.41, 5.74) is 1.97. The van der Waals surface area contributed by atoms with Gasteiger partial charge in [-0.3, -0.25) is 9.59 Å². The van der Waals surface area contributed by atoms with E-state index in [1.807, 2.05) is 68.4 Å². The van der Waals surface area contributed by atoms with E-state index in [4.69, 9.17) is 4.74 Å². The molecule has 2 amide bonds. The van der Waals surface area contributed by atoms with Crippen LogP contribution in [0.3, 0.4) is 0 Å². The number of carbonyl (C=O) groups is 3. The van der Waals surface area contributed by atoms with Crippen LogP contribution in [0, 0.1) is 5.92 Å². The third-order valence-corrected chi connectivity index (χ3v) is 4.86. The van der Waals surface area contributed by atoms with Crippen LogP contribution in [0.15, 0.2) is 54.6 Å². The minimum Gasteiger partial charge on any atom is -0.497 e. The molecule has 0 aliphatic rings. The van der Waals surface area contributed by atoms with Crippen molar-refractivity contribution in [3.05, 3.63) is 65.7 Å². The number of aldehydes is 1. The van der Waals surface area contributed by atoms with Crippen LogP contribution in [0.5, 0.6) is 5.75 Å². The summed E-state index contributed by atoms with van der Waals surface area (Å²) in [5.74, 6) is 0.0974. The molecule has 0 radical (unpaired) electrons. The van der Waals surface area contributed by atoms with Gasteiger partial charge in [-0.2, -0.15) is 0 Å². The highest BCUT2D eigenvalue weighted by atomic mass is 16.5. The monoisotopic (exact) mass is 410 g/mol. The van der Waals surface area contributed by atoms with E-state index in [1.54, 1.807) is 7.11 Å². The molecular formula is C24H30N2O4. The van der Waals surface area contributed by atoms with E-state index < -0.39 is 12.1 Å². The Labute approximate surface area is 178 Å². The maximum absolute atomic E-state index is 12.7. The van der Waals surface area contributed by atoms with E-state index in [1.165, 1.54) is 0 Å². The summed E-state index contributed by atoms with van der Waals surface area (Å²) in [7, 11) is 1.61. The molecule has 0 heterocycles. The van der Waals surface area contributed by atoms with Crippen molar-refractivity contribution >= 4 is 18.1 Å². The van der Waals surface area contributed by atoms with Crippen LogP contribution in [0.4, 0.5) is 0 Å². The number of benzene rings is 2. The third-order valence-electron chi connectivity index (χ3n) is 4.86. The van der Waals surface area contributed by atoms with Gasteiger partial charge in [0, 0.05) is 6.42 Å². The molecule has 2 aromatic rings. The lowest BCUT2D eigenvalue weighted by molar-refractivity contribution is -0.131. The van der Waals surface area contributed by atoms with Crippen molar-refractivity contribution in [2.45, 2.75) is 45.2 Å². The normalized spacial score (nSPS) is 12.7. The number of hydrogen-bond acceptors (Lipinski definition) is 4. The Hall–Kier alpha value is -3.15. The molecule has 2 unspecified atom stereocenters. The van der Waals surface area contributed by atoms with Crippen molar-refractivity contribution < 1.29 is 19.1 Å². The summed E-state index contributed by atoms with van der Waals surface area (Å²) in [6, 6.07) is 15.7. The standard InChI is InChI=1S/C24H30N2O4/c1-17(2)23(24(29)25-20(16-27)15-19-7-5-4-6-8-19)26-22(28)14-11-18-9-12-21(30-3)13-10-18/h4-10,12-13,16-17,20,23H,11,14-15H2,1-3H3,(H,25,29)(H,26,28). The number of nitrogens with one attached hydrogen (secondary N) is 2. The van der Waals surface area contributed by atoms with Crippen LogP contribution >= 0.6 is 0 Å². The van der Waals surface area contributed by atoms with Crippen LogP contribution in [0.25, 0.3) is 0 Å². The van der Waals surface area contributed by atoms with Gasteiger partial charge in [-0.25, -0.2) is 0 Å². The number of aryl methyl sites for hydroxylation is 1. The summed E-state index contributed by atoms with van der Waals surface area (Å²) in [6.07, 6.45) is 1.97. The minimum absolute atomic E-state index is 0.112. The van der Waals surface area contributed by atoms with Gasteiger partial charge in [-0.1, -0.05) is 56.3 Å². The maximum Gasteiger partial charge on any atom is 0.243 e. The second kappa shape index (κ2) is 11.8. The van der Waals surface area contributed by atoms with E-state index in [2.05, 4.69) is 10.6 Å². The lowest BCUT2D eigenvalue weighted by Crippen LogP contribution is -2.52. The Morgan fingerprint density at radius 2 is 1.63 bits per heavy atom. The SMILES string of the molecule is COc1ccc(CCC(=O)NC(C(=O)NC(C=O)Cc2ccccc2)C(C)C)cc1. The van der Waals surface area contributed by atoms with Crippen LogP contribution in [0.2, 0.25) is 0 Å². The van der Waals surface area contributed by atoms with E-state index in [0.29, 0.717) is 12.8 Å². The Kier molecular flexibility index (Phi) is 9.06. The molecule has 6 heteroatoms. The molecule has 0 aliphatic heterocycles. The highest BCUT2D eigenvalue weighted by Gasteiger charge is 2.26. The number of carbonyl (C=O) groups excluding carboxylic acids is 3. The van der Waals surface area contributed by atoms with Gasteiger partial charge in [-0.05, 0) is 42.0 Å². The third kappa shape index (κ3) is 7.35. The molecule has 0 aliphatic carbocycles. The van der Waals surface area contributed by atoms with Gasteiger partial charge in [0.05, 0.1) is 13.2 Å². The summed E-state index contributed by atoms with van der Waals surface area (Å²) in [4.78, 5) is 36.6. The molecule has 2 rings (SSSR count). The number of rotatable bonds is 11. The van der Waals surface area contributed by atoms with Gasteiger partial charge in [0.15, 0.2) is 0 Å². The Bertz CT molecular complexity index is 819. The van der Waals surface area contributed by atoms with Gasteiger partial charge in [0.2, 0.25) is 11.8 Å². The van der Waals surface area contributed by atoms with E-state index in [-0.39, 0.29) is 24.2 Å². The zero-order valence-corrected chi connectivity index (χ0v) is 17.8. The van der Waals surface area contributed by atoms with Crippen molar-refractivity contribution in [2.24, 2.45) is 5.92 Å². The van der Waals surface area contributed by atoms with Crippen LogP contribution in [0.1, 0.15) is 31.4 Å². The van der Waals surface area contributed by atoms with Crippen LogP contribution in [-0.2, 0) is 27.2 Å². The van der Waals surface area contributed by atoms with Gasteiger partial charge in [-0.15, -0.1) is 0 Å². The molecule has 2 aromatic carbocycles. The Balaban J connectivity index is 1.90. The molecule has 0 aromatic heterocycles. The smallest absolute Gasteiger partial charge is 0.243 e. The van der Waals surface area contributed by atoms with Crippen molar-refractivity contribution in [1.29, 1.82) is 0 Å². The lowest BCUT2D eigenvalue weighted by Gasteiger charge is -2.23. The first-order valence-electron chi connectivity index (χ1n) is 10.1. The van der Waals surface area contributed by atoms with Gasteiger partial charge < -0.3 is 20.2 Å². The predicted molar refractivity (Wildman–Crippen MR) is 116 cm³/mol. The van der Waals surface area contributed by atoms with Crippen LogP contribution in [-0.4, -0.2) is 37.3 Å². The molecule has 0 saturated heterocycles. The predicted octanol–water partition coefficient (Wildman–Crippen LogP) is 2.70. The number of hydrogen-bond donors (Lipinski definition) is 2. The van der Waals surface area contributed by atoms with Gasteiger partial charge in [0.25, 0.3) is 0 Å². The fraction of sp³-hybridized carbons (Fsp3) is 0.375. The lowest BCUT2D eigenvalue weighted by atomic mass is 10.0. The van der Waals surface area contributed by atoms with E-state index in [0.717, 1.165) is 23.2 Å². The maximum atomic E-state index is 12.7. The molecule has 160 valence electrons. The highest BCUT2D eigenvalue weighted by Crippen LogP contribution is 2.13. The minimum atomic E-state index is -0.702. The zero-order valence-electron chi connectivity index (χ0n) is 17.8. The highest BCUT2D eigenvalue weighted by molar-refractivity contribution is 5.89. The van der Waals surface area contributed by atoms with Gasteiger partial charge in [0.1, 0.15) is 18.1 Å². The molecule has 0 bridgehead atoms. The quantitative estimate of drug-likeness (QED) is 0.558. The Morgan fingerprint density at radius 3 is 2.20 bits per heavy atom. The first kappa shape index (κ1) is 23.1. The molecular weight excluding hydrogens is 380 g/mol. The summed E-state index contributed by atoms with van der Waals surface area (Å²) in [6.45, 7) is 3.72. The summed E-state index contributed by atoms with van der Waals surface area (Å²) >= 11 is 0. The second-order valence-corrected chi connectivity index (χ2v) is 7.58. The van der Waals surface area contributed by atoms with Crippen molar-refractivity contribution in [1.82, 2.24) is 10.6 Å². The molecule has 2 atom stereocenters. The molecule has 0 spiro atoms. The topological polar surface area (TPSA) is 84.5 Å². The molecule has 30 heavy (non-hydrogen) atoms. The van der Waals surface area contributed by atoms with E-state index >= 15 is 0 Å². The fourth-order valence-corrected chi connectivity index (χ4v) is 3.10. The first-order chi connectivity index (χ1) is 14.4. The average molecular weight is 411 g/mol. The molecule has 0 fully saturated rings. The zero-order chi connectivity index (χ0) is 21.9. The summed E-state index contributed by atoms with van der Waals surface area (Å²) < 4.78 is 5.13. The molecule has 2 N–H and O–H groups in total. The van der Waals surface area contributed by atoms with E-state index in [9.17, 15) is 14.4 Å². The average Bonchev–Trinajstić information content (AvgIpc) is 2.76. The van der Waals surface area contributed by atoms with Gasteiger partial charge >= 0.3 is 0 Å². The van der Waals surface area contributed by atoms with Crippen molar-refractivity contribution in [3.8, 4) is 5.75 Å². The largest absolute Gasteiger partial charge is 0.497 e. The number of ether oxygens (including phenoxy) is 1. The van der Waals surface area contributed by atoms with Crippen molar-refractivity contribution in [2.75, 3.05) is 7.11 Å². The first-order valence-corrected chi connectivity index (χ1v) is 10.1. The number of amides is 2. The Morgan fingerprint density at radius 1 is 0.967 bits per heavy atom. The number of methoxy groups -OCH3 is 1. The summed E-state index contributed by atoms with van der Waals surface area (Å²) in [5, 5.41) is 5.56. The molecule has 6 nitrogen and oxygen atoms in total.